The van der Waals surface area contributed by atoms with E-state index in [1.165, 1.54) is 0 Å². The van der Waals surface area contributed by atoms with Crippen molar-refractivity contribution in [3.63, 3.8) is 0 Å². The normalized spacial score (nSPS) is 13.0. The van der Waals surface area contributed by atoms with E-state index in [1.807, 2.05) is 43.4 Å². The van der Waals surface area contributed by atoms with Gasteiger partial charge in [0.2, 0.25) is 0 Å². The van der Waals surface area contributed by atoms with Gasteiger partial charge in [0, 0.05) is 31.4 Å². The average molecular weight is 353 g/mol. The van der Waals surface area contributed by atoms with E-state index in [4.69, 9.17) is 10.4 Å². The lowest BCUT2D eigenvalue weighted by atomic mass is 10.1. The van der Waals surface area contributed by atoms with E-state index < -0.39 is 0 Å². The summed E-state index contributed by atoms with van der Waals surface area (Å²) in [7, 11) is 0. The third kappa shape index (κ3) is 4.89. The number of allylic oxidation sites excluding steroid dienone is 5. The van der Waals surface area contributed by atoms with Crippen molar-refractivity contribution in [2.45, 2.75) is 20.8 Å². The molecular formula is C20H27N5O. The van der Waals surface area contributed by atoms with Gasteiger partial charge >= 0.3 is 0 Å². The summed E-state index contributed by atoms with van der Waals surface area (Å²) >= 11 is 0. The highest BCUT2D eigenvalue weighted by atomic mass is 16.6. The number of aliphatic imine (C=N–C) groups is 1. The maximum Gasteiger partial charge on any atom is 0.159 e. The third-order valence-corrected chi connectivity index (χ3v) is 3.97. The molecule has 1 aromatic heterocycles. The summed E-state index contributed by atoms with van der Waals surface area (Å²) in [6.07, 6.45) is 11.8. The topological polar surface area (TPSA) is 80.5 Å². The first-order valence-corrected chi connectivity index (χ1v) is 8.96. The Kier molecular flexibility index (Phi) is 7.76. The van der Waals surface area contributed by atoms with Crippen molar-refractivity contribution < 1.29 is 4.63 Å². The summed E-state index contributed by atoms with van der Waals surface area (Å²) < 4.78 is 5.01. The standard InChI is InChI=1S/C20H27N5O/c1-4-7-16(12-14-22-15-13-21)8-9-17-10-11-18(25(5-2)6-3)20-19(17)23-26-24-20/h4,7-12,14H,5-6,13,15,21H2,1-3H3/b7-4-,9-8+,16-12+,22-14+. The number of nitrogens with zero attached hydrogens (tertiary/aromatic N) is 4. The third-order valence-electron chi connectivity index (χ3n) is 3.97. The zero-order chi connectivity index (χ0) is 18.8. The van der Waals surface area contributed by atoms with E-state index >= 15 is 0 Å². The van der Waals surface area contributed by atoms with Crippen LogP contribution in [0.2, 0.25) is 0 Å². The summed E-state index contributed by atoms with van der Waals surface area (Å²) in [5.41, 5.74) is 10.0. The lowest BCUT2D eigenvalue weighted by molar-refractivity contribution is 0.315. The first-order valence-electron chi connectivity index (χ1n) is 8.96. The Morgan fingerprint density at radius 3 is 2.65 bits per heavy atom. The molecule has 0 fully saturated rings. The minimum absolute atomic E-state index is 0.551. The van der Waals surface area contributed by atoms with Gasteiger partial charge in [0.25, 0.3) is 0 Å². The van der Waals surface area contributed by atoms with Crippen LogP contribution in [-0.2, 0) is 0 Å². The largest absolute Gasteiger partial charge is 0.370 e. The number of hydrogen-bond acceptors (Lipinski definition) is 6. The fourth-order valence-electron chi connectivity index (χ4n) is 2.66. The van der Waals surface area contributed by atoms with Gasteiger partial charge in [-0.05, 0) is 48.8 Å². The second-order valence-corrected chi connectivity index (χ2v) is 5.65. The lowest BCUT2D eigenvalue weighted by Gasteiger charge is -2.20. The molecule has 0 aliphatic rings. The molecule has 1 aromatic carbocycles. The van der Waals surface area contributed by atoms with Gasteiger partial charge in [0.05, 0.1) is 12.2 Å². The second-order valence-electron chi connectivity index (χ2n) is 5.65. The molecular weight excluding hydrogens is 326 g/mol. The van der Waals surface area contributed by atoms with Crippen molar-refractivity contribution in [3.8, 4) is 0 Å². The predicted molar refractivity (Wildman–Crippen MR) is 110 cm³/mol. The molecule has 0 radical (unpaired) electrons. The van der Waals surface area contributed by atoms with Crippen molar-refractivity contribution >= 4 is 29.0 Å². The van der Waals surface area contributed by atoms with Crippen molar-refractivity contribution in [1.82, 2.24) is 10.3 Å². The summed E-state index contributed by atoms with van der Waals surface area (Å²) in [4.78, 5) is 6.46. The molecule has 2 rings (SSSR count). The minimum atomic E-state index is 0.551. The van der Waals surface area contributed by atoms with Gasteiger partial charge in [-0.25, -0.2) is 4.63 Å². The maximum atomic E-state index is 5.45. The van der Waals surface area contributed by atoms with Crippen LogP contribution < -0.4 is 10.6 Å². The number of anilines is 1. The van der Waals surface area contributed by atoms with Gasteiger partial charge < -0.3 is 10.6 Å². The Morgan fingerprint density at radius 2 is 1.96 bits per heavy atom. The molecule has 0 spiro atoms. The zero-order valence-corrected chi connectivity index (χ0v) is 15.7. The molecule has 1 heterocycles. The lowest BCUT2D eigenvalue weighted by Crippen LogP contribution is -2.22. The molecule has 0 saturated heterocycles. The highest BCUT2D eigenvalue weighted by Crippen LogP contribution is 2.27. The first kappa shape index (κ1) is 19.6. The van der Waals surface area contributed by atoms with Crippen LogP contribution in [0.15, 0.2) is 51.6 Å². The summed E-state index contributed by atoms with van der Waals surface area (Å²) in [5.74, 6) is 0. The molecule has 138 valence electrons. The van der Waals surface area contributed by atoms with Crippen LogP contribution >= 0.6 is 0 Å². The Balaban J connectivity index is 2.34. The molecule has 0 saturated carbocycles. The number of hydrogen-bond donors (Lipinski definition) is 1. The smallest absolute Gasteiger partial charge is 0.159 e. The van der Waals surface area contributed by atoms with E-state index in [0.29, 0.717) is 13.1 Å². The maximum absolute atomic E-state index is 5.45. The van der Waals surface area contributed by atoms with Crippen LogP contribution in [0.1, 0.15) is 26.3 Å². The fourth-order valence-corrected chi connectivity index (χ4v) is 2.66. The molecule has 6 heteroatoms. The van der Waals surface area contributed by atoms with Crippen molar-refractivity contribution in [2.24, 2.45) is 10.7 Å². The number of aromatic nitrogens is 2. The molecule has 0 atom stereocenters. The van der Waals surface area contributed by atoms with Gasteiger partial charge in [-0.1, -0.05) is 30.4 Å². The van der Waals surface area contributed by atoms with Crippen LogP contribution in [0.4, 0.5) is 5.69 Å². The Bertz CT molecular complexity index is 813. The fraction of sp³-hybridized carbons (Fsp3) is 0.350. The van der Waals surface area contributed by atoms with Crippen LogP contribution in [0.3, 0.4) is 0 Å². The average Bonchev–Trinajstić information content (AvgIpc) is 3.15. The molecule has 0 aliphatic carbocycles. The monoisotopic (exact) mass is 353 g/mol. The van der Waals surface area contributed by atoms with E-state index in [0.717, 1.165) is 40.9 Å². The van der Waals surface area contributed by atoms with Gasteiger partial charge in [0.1, 0.15) is 5.52 Å². The van der Waals surface area contributed by atoms with Crippen molar-refractivity contribution in [2.75, 3.05) is 31.1 Å². The molecule has 0 amide bonds. The van der Waals surface area contributed by atoms with Crippen LogP contribution in [0.25, 0.3) is 17.1 Å². The van der Waals surface area contributed by atoms with E-state index in [2.05, 4.69) is 40.1 Å². The number of fused-ring (bicyclic) bond motifs is 1. The summed E-state index contributed by atoms with van der Waals surface area (Å²) in [5, 5.41) is 8.21. The van der Waals surface area contributed by atoms with Crippen LogP contribution in [0.5, 0.6) is 0 Å². The van der Waals surface area contributed by atoms with Crippen LogP contribution in [-0.4, -0.2) is 42.7 Å². The van der Waals surface area contributed by atoms with Gasteiger partial charge in [-0.2, -0.15) is 0 Å². The van der Waals surface area contributed by atoms with Crippen LogP contribution in [0, 0.1) is 0 Å². The quantitative estimate of drug-likeness (QED) is 0.550. The van der Waals surface area contributed by atoms with Gasteiger partial charge in [-0.15, -0.1) is 0 Å². The highest BCUT2D eigenvalue weighted by Gasteiger charge is 2.13. The number of benzene rings is 1. The number of nitrogens with two attached hydrogens (primary N) is 1. The first-order chi connectivity index (χ1) is 12.7. The van der Waals surface area contributed by atoms with E-state index in [-0.39, 0.29) is 0 Å². The summed E-state index contributed by atoms with van der Waals surface area (Å²) in [6, 6.07) is 4.12. The minimum Gasteiger partial charge on any atom is -0.370 e. The SMILES string of the molecule is C\C=C/C(/C=C/c1ccc(N(CC)CC)c2nonc12)=C\C=N\CCN. The van der Waals surface area contributed by atoms with Crippen molar-refractivity contribution in [1.29, 1.82) is 0 Å². The Morgan fingerprint density at radius 1 is 1.19 bits per heavy atom. The van der Waals surface area contributed by atoms with Crippen molar-refractivity contribution in [3.05, 3.63) is 47.6 Å². The highest BCUT2D eigenvalue weighted by molar-refractivity contribution is 5.93. The molecule has 0 bridgehead atoms. The molecule has 0 aliphatic heterocycles. The van der Waals surface area contributed by atoms with E-state index in [1.54, 1.807) is 6.21 Å². The Labute approximate surface area is 154 Å². The Hall–Kier alpha value is -2.73. The molecule has 26 heavy (non-hydrogen) atoms. The predicted octanol–water partition coefficient (Wildman–Crippen LogP) is 3.61. The van der Waals surface area contributed by atoms with Gasteiger partial charge in [-0.3, -0.25) is 4.99 Å². The van der Waals surface area contributed by atoms with Gasteiger partial charge in [0.15, 0.2) is 5.52 Å². The second kappa shape index (κ2) is 10.3. The van der Waals surface area contributed by atoms with E-state index in [9.17, 15) is 0 Å². The molecule has 2 aromatic rings. The molecule has 2 N–H and O–H groups in total. The summed E-state index contributed by atoms with van der Waals surface area (Å²) in [6.45, 7) is 9.22. The zero-order valence-electron chi connectivity index (χ0n) is 15.7. The molecule has 6 nitrogen and oxygen atoms in total. The molecule has 0 unspecified atom stereocenters. The number of rotatable bonds is 9.